The molecule has 0 spiro atoms. The number of aryl methyl sites for hydroxylation is 1. The van der Waals surface area contributed by atoms with Crippen LogP contribution in [-0.2, 0) is 10.1 Å². The number of rotatable bonds is 3. The van der Waals surface area contributed by atoms with Gasteiger partial charge in [-0.05, 0) is 24.6 Å². The van der Waals surface area contributed by atoms with Crippen molar-refractivity contribution in [1.82, 2.24) is 0 Å². The molecule has 0 aliphatic rings. The van der Waals surface area contributed by atoms with Crippen molar-refractivity contribution in [3.63, 3.8) is 0 Å². The Kier molecular flexibility index (Phi) is 3.56. The third-order valence-corrected chi connectivity index (χ3v) is 2.82. The lowest BCUT2D eigenvalue weighted by molar-refractivity contribution is -0.0500. The van der Waals surface area contributed by atoms with E-state index in [4.69, 9.17) is 5.11 Å². The van der Waals surface area contributed by atoms with Crippen molar-refractivity contribution in [1.29, 1.82) is 0 Å². The van der Waals surface area contributed by atoms with Crippen LogP contribution >= 0.6 is 0 Å². The molecule has 0 atom stereocenters. The van der Waals surface area contributed by atoms with Crippen LogP contribution in [0.4, 0.5) is 13.2 Å². The smallest absolute Gasteiger partial charge is 0.478 e. The van der Waals surface area contributed by atoms with E-state index in [2.05, 4.69) is 4.18 Å². The Bertz CT molecular complexity index is 576. The Hall–Kier alpha value is -1.77. The molecule has 1 N–H and O–H groups in total. The summed E-state index contributed by atoms with van der Waals surface area (Å²) in [4.78, 5) is 10.7. The molecule has 0 bridgehead atoms. The van der Waals surface area contributed by atoms with Gasteiger partial charge in [0.2, 0.25) is 0 Å². The molecule has 0 unspecified atom stereocenters. The van der Waals surface area contributed by atoms with E-state index in [1.54, 1.807) is 0 Å². The third kappa shape index (κ3) is 2.92. The van der Waals surface area contributed by atoms with Gasteiger partial charge in [-0.2, -0.15) is 21.6 Å². The zero-order valence-electron chi connectivity index (χ0n) is 8.85. The van der Waals surface area contributed by atoms with Crippen LogP contribution in [0.3, 0.4) is 0 Å². The first-order valence-corrected chi connectivity index (χ1v) is 5.80. The van der Waals surface area contributed by atoms with E-state index in [1.165, 1.54) is 13.0 Å². The summed E-state index contributed by atoms with van der Waals surface area (Å²) in [5.74, 6) is -2.47. The predicted octanol–water partition coefficient (Wildman–Crippen LogP) is 1.92. The molecule has 1 aromatic rings. The second-order valence-electron chi connectivity index (χ2n) is 3.29. The molecular weight excluding hydrogens is 277 g/mol. The number of hydrogen-bond donors (Lipinski definition) is 1. The molecule has 0 radical (unpaired) electrons. The Morgan fingerprint density at radius 1 is 1.33 bits per heavy atom. The summed E-state index contributed by atoms with van der Waals surface area (Å²) in [6, 6.07) is 3.15. The molecular formula is C9H7F3O5S. The van der Waals surface area contributed by atoms with Crippen molar-refractivity contribution in [2.24, 2.45) is 0 Å². The highest BCUT2D eigenvalue weighted by Crippen LogP contribution is 2.29. The van der Waals surface area contributed by atoms with Gasteiger partial charge in [-0.15, -0.1) is 0 Å². The summed E-state index contributed by atoms with van der Waals surface area (Å²) in [6.07, 6.45) is 0. The Morgan fingerprint density at radius 2 is 1.89 bits per heavy atom. The van der Waals surface area contributed by atoms with Crippen molar-refractivity contribution in [3.05, 3.63) is 29.3 Å². The maximum Gasteiger partial charge on any atom is 0.534 e. The molecule has 18 heavy (non-hydrogen) atoms. The van der Waals surface area contributed by atoms with Crippen molar-refractivity contribution in [2.45, 2.75) is 12.4 Å². The van der Waals surface area contributed by atoms with Gasteiger partial charge in [-0.25, -0.2) is 4.79 Å². The summed E-state index contributed by atoms with van der Waals surface area (Å²) in [6.45, 7) is 1.44. The highest BCUT2D eigenvalue weighted by molar-refractivity contribution is 7.88. The molecule has 0 heterocycles. The van der Waals surface area contributed by atoms with Gasteiger partial charge in [0.15, 0.2) is 5.75 Å². The van der Waals surface area contributed by atoms with Gasteiger partial charge in [-0.1, -0.05) is 6.07 Å². The number of alkyl halides is 3. The molecule has 0 saturated heterocycles. The van der Waals surface area contributed by atoms with E-state index in [-0.39, 0.29) is 0 Å². The van der Waals surface area contributed by atoms with E-state index in [0.717, 1.165) is 12.1 Å². The predicted molar refractivity (Wildman–Crippen MR) is 53.7 cm³/mol. The fourth-order valence-corrected chi connectivity index (χ4v) is 1.51. The van der Waals surface area contributed by atoms with Crippen molar-refractivity contribution >= 4 is 16.1 Å². The number of carbonyl (C=O) groups is 1. The Balaban J connectivity index is 3.27. The fourth-order valence-electron chi connectivity index (χ4n) is 1.04. The Labute approximate surface area is 99.9 Å². The van der Waals surface area contributed by atoms with E-state index in [9.17, 15) is 26.4 Å². The second-order valence-corrected chi connectivity index (χ2v) is 4.83. The number of aromatic carboxylic acids is 1. The number of carboxylic acids is 1. The van der Waals surface area contributed by atoms with Crippen LogP contribution in [0.15, 0.2) is 18.2 Å². The lowest BCUT2D eigenvalue weighted by Crippen LogP contribution is -2.28. The van der Waals surface area contributed by atoms with Gasteiger partial charge < -0.3 is 9.29 Å². The van der Waals surface area contributed by atoms with E-state index >= 15 is 0 Å². The number of benzene rings is 1. The standard InChI is InChI=1S/C9H7F3O5S/c1-5-2-3-6(8(13)14)7(4-5)17-18(15,16)9(10,11)12/h2-4H,1H3,(H,13,14). The van der Waals surface area contributed by atoms with Crippen molar-refractivity contribution in [3.8, 4) is 5.75 Å². The first kappa shape index (κ1) is 14.3. The molecule has 9 heteroatoms. The normalized spacial score (nSPS) is 12.2. The first-order valence-electron chi connectivity index (χ1n) is 4.39. The highest BCUT2D eigenvalue weighted by atomic mass is 32.2. The second kappa shape index (κ2) is 4.48. The molecule has 0 aromatic heterocycles. The van der Waals surface area contributed by atoms with Crippen LogP contribution in [0.5, 0.6) is 5.75 Å². The first-order chi connectivity index (χ1) is 8.04. The molecule has 0 fully saturated rings. The van der Waals surface area contributed by atoms with E-state index in [0.29, 0.717) is 5.56 Å². The lowest BCUT2D eigenvalue weighted by Gasteiger charge is -2.11. The van der Waals surface area contributed by atoms with Gasteiger partial charge in [0.25, 0.3) is 0 Å². The number of hydrogen-bond acceptors (Lipinski definition) is 4. The van der Waals surface area contributed by atoms with Gasteiger partial charge in [-0.3, -0.25) is 0 Å². The molecule has 0 aliphatic carbocycles. The minimum atomic E-state index is -5.89. The fraction of sp³-hybridized carbons (Fsp3) is 0.222. The van der Waals surface area contributed by atoms with Gasteiger partial charge in [0.05, 0.1) is 0 Å². The van der Waals surface area contributed by atoms with E-state index in [1.807, 2.05) is 0 Å². The molecule has 0 aliphatic heterocycles. The minimum Gasteiger partial charge on any atom is -0.478 e. The minimum absolute atomic E-state index is 0.354. The summed E-state index contributed by atoms with van der Waals surface area (Å²) >= 11 is 0. The largest absolute Gasteiger partial charge is 0.534 e. The van der Waals surface area contributed by atoms with Gasteiger partial charge in [0, 0.05) is 0 Å². The maximum atomic E-state index is 12.1. The number of halogens is 3. The van der Waals surface area contributed by atoms with Crippen LogP contribution < -0.4 is 4.18 Å². The highest BCUT2D eigenvalue weighted by Gasteiger charge is 2.49. The average molecular weight is 284 g/mol. The Morgan fingerprint density at radius 3 is 2.33 bits per heavy atom. The average Bonchev–Trinajstić information content (AvgIpc) is 2.14. The maximum absolute atomic E-state index is 12.1. The van der Waals surface area contributed by atoms with Gasteiger partial charge >= 0.3 is 21.6 Å². The molecule has 1 rings (SSSR count). The number of carboxylic acid groups (broad SMARTS) is 1. The molecule has 1 aromatic carbocycles. The van der Waals surface area contributed by atoms with Crippen LogP contribution in [0.1, 0.15) is 15.9 Å². The van der Waals surface area contributed by atoms with Crippen molar-refractivity contribution < 1.29 is 35.7 Å². The summed E-state index contributed by atoms with van der Waals surface area (Å²) in [5.41, 5.74) is -5.94. The summed E-state index contributed by atoms with van der Waals surface area (Å²) in [5, 5.41) is 8.70. The SMILES string of the molecule is Cc1ccc(C(=O)O)c(OS(=O)(=O)C(F)(F)F)c1. The third-order valence-electron chi connectivity index (χ3n) is 1.85. The van der Waals surface area contributed by atoms with Crippen LogP contribution in [0, 0.1) is 6.92 Å². The van der Waals surface area contributed by atoms with Gasteiger partial charge in [0.1, 0.15) is 5.56 Å². The molecule has 0 amide bonds. The summed E-state index contributed by atoms with van der Waals surface area (Å²) < 4.78 is 61.6. The summed E-state index contributed by atoms with van der Waals surface area (Å²) in [7, 11) is -5.89. The topological polar surface area (TPSA) is 80.7 Å². The quantitative estimate of drug-likeness (QED) is 0.677. The molecule has 100 valence electrons. The molecule has 5 nitrogen and oxygen atoms in total. The zero-order valence-corrected chi connectivity index (χ0v) is 9.67. The van der Waals surface area contributed by atoms with Crippen LogP contribution in [-0.4, -0.2) is 25.0 Å². The lowest BCUT2D eigenvalue weighted by atomic mass is 10.1. The van der Waals surface area contributed by atoms with Crippen LogP contribution in [0.25, 0.3) is 0 Å². The van der Waals surface area contributed by atoms with Crippen LogP contribution in [0.2, 0.25) is 0 Å². The van der Waals surface area contributed by atoms with Crippen molar-refractivity contribution in [2.75, 3.05) is 0 Å². The zero-order chi connectivity index (χ0) is 14.1. The monoisotopic (exact) mass is 284 g/mol. The van der Waals surface area contributed by atoms with E-state index < -0.39 is 32.9 Å². The molecule has 0 saturated carbocycles.